The van der Waals surface area contributed by atoms with Gasteiger partial charge in [0.25, 0.3) is 0 Å². The Hall–Kier alpha value is -1.85. The van der Waals surface area contributed by atoms with Crippen molar-refractivity contribution in [3.63, 3.8) is 0 Å². The van der Waals surface area contributed by atoms with Gasteiger partial charge in [0.05, 0.1) is 9.64 Å². The van der Waals surface area contributed by atoms with Crippen LogP contribution in [0.3, 0.4) is 0 Å². The molecular formula is C22H27NO3S. The molecule has 1 heterocycles. The number of rotatable bonds is 6. The molecule has 1 saturated carbocycles. The van der Waals surface area contributed by atoms with Crippen LogP contribution in [0.1, 0.15) is 43.2 Å². The molecule has 1 aliphatic carbocycles. The third kappa shape index (κ3) is 3.50. The van der Waals surface area contributed by atoms with Gasteiger partial charge in [-0.15, -0.1) is 0 Å². The minimum atomic E-state index is -3.27. The maximum Gasteiger partial charge on any atom is 0.184 e. The zero-order valence-electron chi connectivity index (χ0n) is 15.6. The van der Waals surface area contributed by atoms with Crippen LogP contribution in [0, 0.1) is 0 Å². The zero-order chi connectivity index (χ0) is 18.9. The van der Waals surface area contributed by atoms with Crippen LogP contribution >= 0.6 is 0 Å². The second-order valence-corrected chi connectivity index (χ2v) is 10.3. The second kappa shape index (κ2) is 7.28. The van der Waals surface area contributed by atoms with Crippen LogP contribution in [0.25, 0.3) is 0 Å². The van der Waals surface area contributed by atoms with Crippen molar-refractivity contribution in [3.8, 4) is 5.75 Å². The van der Waals surface area contributed by atoms with Crippen LogP contribution in [0.4, 0.5) is 0 Å². The second-order valence-electron chi connectivity index (χ2n) is 7.94. The van der Waals surface area contributed by atoms with Gasteiger partial charge in [0.2, 0.25) is 0 Å². The summed E-state index contributed by atoms with van der Waals surface area (Å²) >= 11 is 0. The summed E-state index contributed by atoms with van der Waals surface area (Å²) in [5.74, 6) is 0.334. The first-order valence-electron chi connectivity index (χ1n) is 9.83. The van der Waals surface area contributed by atoms with Gasteiger partial charge >= 0.3 is 0 Å². The number of aromatic hydroxyl groups is 1. The highest BCUT2D eigenvalue weighted by Crippen LogP contribution is 2.46. The average molecular weight is 386 g/mol. The third-order valence-corrected chi connectivity index (χ3v) is 8.92. The Bertz CT molecular complexity index is 904. The van der Waals surface area contributed by atoms with Crippen molar-refractivity contribution >= 4 is 9.84 Å². The lowest BCUT2D eigenvalue weighted by Crippen LogP contribution is -2.45. The van der Waals surface area contributed by atoms with Crippen molar-refractivity contribution in [1.29, 1.82) is 0 Å². The molecule has 2 aromatic carbocycles. The van der Waals surface area contributed by atoms with Crippen LogP contribution in [-0.4, -0.2) is 36.3 Å². The molecule has 0 unspecified atom stereocenters. The molecule has 0 aromatic heterocycles. The molecule has 27 heavy (non-hydrogen) atoms. The molecule has 0 amide bonds. The number of hydrogen-bond acceptors (Lipinski definition) is 4. The Balaban J connectivity index is 1.39. The van der Waals surface area contributed by atoms with Gasteiger partial charge < -0.3 is 5.11 Å². The van der Waals surface area contributed by atoms with E-state index in [0.29, 0.717) is 10.6 Å². The van der Waals surface area contributed by atoms with Gasteiger partial charge in [0, 0.05) is 13.1 Å². The average Bonchev–Trinajstić information content (AvgIpc) is 2.64. The topological polar surface area (TPSA) is 57.6 Å². The molecule has 5 heteroatoms. The number of sulfone groups is 1. The minimum absolute atomic E-state index is 0.334. The van der Waals surface area contributed by atoms with Crippen LogP contribution in [0.15, 0.2) is 53.4 Å². The van der Waals surface area contributed by atoms with Crippen LogP contribution < -0.4 is 0 Å². The van der Waals surface area contributed by atoms with Gasteiger partial charge in [-0.1, -0.05) is 30.7 Å². The number of phenolic OH excluding ortho intramolecular Hbond substituents is 1. The van der Waals surface area contributed by atoms with E-state index in [1.165, 1.54) is 11.1 Å². The Morgan fingerprint density at radius 3 is 2.52 bits per heavy atom. The molecule has 144 valence electrons. The third-order valence-electron chi connectivity index (χ3n) is 6.28. The summed E-state index contributed by atoms with van der Waals surface area (Å²) in [5.41, 5.74) is 2.50. The quantitative estimate of drug-likeness (QED) is 0.819. The molecule has 1 aliphatic heterocycles. The number of fused-ring (bicyclic) bond motifs is 1. The molecular weight excluding hydrogens is 358 g/mol. The van der Waals surface area contributed by atoms with Crippen molar-refractivity contribution in [3.05, 3.63) is 59.7 Å². The molecule has 4 rings (SSSR count). The van der Waals surface area contributed by atoms with Crippen molar-refractivity contribution in [2.75, 3.05) is 13.1 Å². The summed E-state index contributed by atoms with van der Waals surface area (Å²) < 4.78 is 25.8. The number of hydrogen-bond donors (Lipinski definition) is 1. The summed E-state index contributed by atoms with van der Waals surface area (Å²) in [6.45, 7) is 2.77. The standard InChI is InChI=1S/C22H27NO3S/c24-20-9-8-19-17-23(15-10-18(19)16-20)14-5-13-22(11-4-12-22)27(25,26)21-6-2-1-3-7-21/h1-3,6-9,16,24H,4-5,10-15,17H2. The largest absolute Gasteiger partial charge is 0.508 e. The molecule has 2 aliphatic rings. The summed E-state index contributed by atoms with van der Waals surface area (Å²) in [6.07, 6.45) is 5.16. The summed E-state index contributed by atoms with van der Waals surface area (Å²) in [5, 5.41) is 9.62. The first-order valence-corrected chi connectivity index (χ1v) is 11.3. The van der Waals surface area contributed by atoms with E-state index in [4.69, 9.17) is 0 Å². The van der Waals surface area contributed by atoms with Gasteiger partial charge in [-0.25, -0.2) is 8.42 Å². The van der Waals surface area contributed by atoms with Crippen LogP contribution in [0.5, 0.6) is 5.75 Å². The fourth-order valence-electron chi connectivity index (χ4n) is 4.49. The summed E-state index contributed by atoms with van der Waals surface area (Å²) in [6, 6.07) is 14.5. The monoisotopic (exact) mass is 385 g/mol. The van der Waals surface area contributed by atoms with Crippen molar-refractivity contribution in [1.82, 2.24) is 4.90 Å². The number of phenols is 1. The van der Waals surface area contributed by atoms with Gasteiger partial charge in [-0.3, -0.25) is 4.90 Å². The lowest BCUT2D eigenvalue weighted by molar-refractivity contribution is 0.230. The zero-order valence-corrected chi connectivity index (χ0v) is 16.4. The SMILES string of the molecule is O=S(=O)(c1ccccc1)C1(CCCN2CCc3cc(O)ccc3C2)CCC1. The summed E-state index contributed by atoms with van der Waals surface area (Å²) in [4.78, 5) is 2.87. The predicted octanol–water partition coefficient (Wildman–Crippen LogP) is 3.93. The van der Waals surface area contributed by atoms with Gasteiger partial charge in [-0.2, -0.15) is 0 Å². The van der Waals surface area contributed by atoms with Crippen LogP contribution in [-0.2, 0) is 22.8 Å². The Kier molecular flexibility index (Phi) is 4.99. The first-order chi connectivity index (χ1) is 13.0. The van der Waals surface area contributed by atoms with E-state index in [2.05, 4.69) is 4.90 Å². The molecule has 0 saturated heterocycles. The molecule has 2 aromatic rings. The Morgan fingerprint density at radius 1 is 1.04 bits per heavy atom. The smallest absolute Gasteiger partial charge is 0.184 e. The number of nitrogens with zero attached hydrogens (tertiary/aromatic N) is 1. The molecule has 4 nitrogen and oxygen atoms in total. The normalized spacial score (nSPS) is 19.3. The lowest BCUT2D eigenvalue weighted by atomic mass is 9.81. The Morgan fingerprint density at radius 2 is 1.81 bits per heavy atom. The first kappa shape index (κ1) is 18.5. The van der Waals surface area contributed by atoms with Crippen molar-refractivity contribution in [2.45, 2.75) is 54.7 Å². The molecule has 0 atom stereocenters. The van der Waals surface area contributed by atoms with E-state index < -0.39 is 14.6 Å². The van der Waals surface area contributed by atoms with Gasteiger partial charge in [-0.05, 0) is 74.0 Å². The predicted molar refractivity (Wildman–Crippen MR) is 107 cm³/mol. The highest BCUT2D eigenvalue weighted by atomic mass is 32.2. The Labute approximate surface area is 161 Å². The van der Waals surface area contributed by atoms with E-state index in [1.807, 2.05) is 30.3 Å². The fraction of sp³-hybridized carbons (Fsp3) is 0.455. The van der Waals surface area contributed by atoms with Gasteiger partial charge in [0.15, 0.2) is 9.84 Å². The number of benzene rings is 2. The minimum Gasteiger partial charge on any atom is -0.508 e. The highest BCUT2D eigenvalue weighted by Gasteiger charge is 2.48. The molecule has 1 fully saturated rings. The lowest BCUT2D eigenvalue weighted by Gasteiger charge is -2.41. The fourth-order valence-corrected chi connectivity index (χ4v) is 6.74. The highest BCUT2D eigenvalue weighted by molar-refractivity contribution is 7.93. The van der Waals surface area contributed by atoms with Crippen molar-refractivity contribution in [2.24, 2.45) is 0 Å². The van der Waals surface area contributed by atoms with E-state index in [0.717, 1.165) is 58.2 Å². The van der Waals surface area contributed by atoms with Gasteiger partial charge in [0.1, 0.15) is 5.75 Å². The molecule has 0 radical (unpaired) electrons. The maximum atomic E-state index is 13.2. The van der Waals surface area contributed by atoms with Crippen molar-refractivity contribution < 1.29 is 13.5 Å². The summed E-state index contributed by atoms with van der Waals surface area (Å²) in [7, 11) is -3.27. The molecule has 0 spiro atoms. The van der Waals surface area contributed by atoms with Crippen LogP contribution in [0.2, 0.25) is 0 Å². The van der Waals surface area contributed by atoms with E-state index in [1.54, 1.807) is 18.2 Å². The molecule has 0 bridgehead atoms. The van der Waals surface area contributed by atoms with E-state index in [9.17, 15) is 13.5 Å². The van der Waals surface area contributed by atoms with E-state index >= 15 is 0 Å². The molecule has 1 N–H and O–H groups in total. The maximum absolute atomic E-state index is 13.2. The van der Waals surface area contributed by atoms with E-state index in [-0.39, 0.29) is 0 Å².